The Morgan fingerprint density at radius 1 is 1.21 bits per heavy atom. The second-order valence-corrected chi connectivity index (χ2v) is 3.92. The van der Waals surface area contributed by atoms with Gasteiger partial charge in [-0.25, -0.2) is 4.39 Å². The topological polar surface area (TPSA) is 34.2 Å². The molecule has 19 heavy (non-hydrogen) atoms. The Hall–Kier alpha value is -2.01. The molecule has 0 spiro atoms. The van der Waals surface area contributed by atoms with Gasteiger partial charge in [0.15, 0.2) is 11.6 Å². The number of hydrogen-bond acceptors (Lipinski definition) is 3. The maximum absolute atomic E-state index is 13.5. The third kappa shape index (κ3) is 3.26. The van der Waals surface area contributed by atoms with Gasteiger partial charge < -0.3 is 10.1 Å². The van der Waals surface area contributed by atoms with Crippen molar-refractivity contribution in [2.75, 3.05) is 6.54 Å². The van der Waals surface area contributed by atoms with E-state index in [0.29, 0.717) is 12.3 Å². The fourth-order valence-electron chi connectivity index (χ4n) is 1.59. The third-order valence-corrected chi connectivity index (χ3v) is 2.56. The van der Waals surface area contributed by atoms with Gasteiger partial charge in [0.2, 0.25) is 5.82 Å². The molecule has 1 aromatic heterocycles. The zero-order valence-electron chi connectivity index (χ0n) is 10.5. The van der Waals surface area contributed by atoms with Crippen molar-refractivity contribution in [1.29, 1.82) is 0 Å². The van der Waals surface area contributed by atoms with E-state index in [1.165, 1.54) is 12.1 Å². The molecule has 0 saturated carbocycles. The van der Waals surface area contributed by atoms with Gasteiger partial charge in [-0.15, -0.1) is 0 Å². The normalized spacial score (nSPS) is 10.5. The minimum Gasteiger partial charge on any atom is -0.454 e. The molecule has 0 fully saturated rings. The van der Waals surface area contributed by atoms with Crippen molar-refractivity contribution in [3.05, 3.63) is 53.9 Å². The second kappa shape index (κ2) is 6.24. The summed E-state index contributed by atoms with van der Waals surface area (Å²) in [5, 5.41) is 3.13. The summed E-state index contributed by atoms with van der Waals surface area (Å²) in [4.78, 5) is 3.99. The lowest BCUT2D eigenvalue weighted by molar-refractivity contribution is 0.411. The Kier molecular flexibility index (Phi) is 4.41. The predicted molar refractivity (Wildman–Crippen MR) is 68.0 cm³/mol. The summed E-state index contributed by atoms with van der Waals surface area (Å²) in [6, 6.07) is 5.46. The average molecular weight is 264 g/mol. The summed E-state index contributed by atoms with van der Waals surface area (Å²) >= 11 is 0. The molecule has 0 saturated heterocycles. The predicted octanol–water partition coefficient (Wildman–Crippen LogP) is 3.26. The van der Waals surface area contributed by atoms with E-state index < -0.39 is 11.6 Å². The monoisotopic (exact) mass is 264 g/mol. The van der Waals surface area contributed by atoms with Crippen LogP contribution in [0.5, 0.6) is 11.5 Å². The fourth-order valence-corrected chi connectivity index (χ4v) is 1.59. The van der Waals surface area contributed by atoms with Gasteiger partial charge in [0.25, 0.3) is 0 Å². The Labute approximate surface area is 110 Å². The van der Waals surface area contributed by atoms with Crippen molar-refractivity contribution in [2.45, 2.75) is 13.5 Å². The van der Waals surface area contributed by atoms with Crippen molar-refractivity contribution in [3.8, 4) is 11.5 Å². The van der Waals surface area contributed by atoms with Gasteiger partial charge in [-0.1, -0.05) is 13.0 Å². The maximum atomic E-state index is 13.5. The molecular weight excluding hydrogens is 250 g/mol. The first-order chi connectivity index (χ1) is 9.22. The summed E-state index contributed by atoms with van der Waals surface area (Å²) < 4.78 is 32.1. The standard InChI is InChI=1S/C14H14F2N2O/c1-2-17-8-10-9-18-7-6-12(10)19-13-5-3-4-11(15)14(13)16/h3-7,9,17H,2,8H2,1H3. The van der Waals surface area contributed by atoms with Crippen LogP contribution in [-0.2, 0) is 6.54 Å². The van der Waals surface area contributed by atoms with E-state index in [1.807, 2.05) is 6.92 Å². The molecule has 3 nitrogen and oxygen atoms in total. The number of ether oxygens (including phenoxy) is 1. The van der Waals surface area contributed by atoms with Gasteiger partial charge in [-0.2, -0.15) is 4.39 Å². The Bertz CT molecular complexity index is 561. The summed E-state index contributed by atoms with van der Waals surface area (Å²) in [5.41, 5.74) is 0.785. The number of pyridine rings is 1. The highest BCUT2D eigenvalue weighted by molar-refractivity contribution is 5.36. The van der Waals surface area contributed by atoms with Gasteiger partial charge in [-0.3, -0.25) is 4.98 Å². The van der Waals surface area contributed by atoms with Crippen molar-refractivity contribution < 1.29 is 13.5 Å². The van der Waals surface area contributed by atoms with Gasteiger partial charge >= 0.3 is 0 Å². The number of aromatic nitrogens is 1. The minimum absolute atomic E-state index is 0.135. The first-order valence-electron chi connectivity index (χ1n) is 5.98. The molecule has 0 aliphatic rings. The zero-order chi connectivity index (χ0) is 13.7. The molecule has 100 valence electrons. The van der Waals surface area contributed by atoms with Crippen LogP contribution in [0, 0.1) is 11.6 Å². The Morgan fingerprint density at radius 3 is 2.84 bits per heavy atom. The van der Waals surface area contributed by atoms with Crippen molar-refractivity contribution >= 4 is 0 Å². The minimum atomic E-state index is -0.992. The highest BCUT2D eigenvalue weighted by Crippen LogP contribution is 2.27. The van der Waals surface area contributed by atoms with Crippen molar-refractivity contribution in [2.24, 2.45) is 0 Å². The van der Waals surface area contributed by atoms with Gasteiger partial charge in [0, 0.05) is 24.5 Å². The van der Waals surface area contributed by atoms with Gasteiger partial charge in [-0.05, 0) is 24.7 Å². The van der Waals surface area contributed by atoms with E-state index >= 15 is 0 Å². The largest absolute Gasteiger partial charge is 0.454 e. The van der Waals surface area contributed by atoms with Crippen LogP contribution in [0.3, 0.4) is 0 Å². The zero-order valence-corrected chi connectivity index (χ0v) is 10.5. The molecule has 0 radical (unpaired) electrons. The van der Waals surface area contributed by atoms with E-state index in [9.17, 15) is 8.78 Å². The molecule has 0 unspecified atom stereocenters. The van der Waals surface area contributed by atoms with Crippen LogP contribution in [0.15, 0.2) is 36.7 Å². The number of halogens is 2. The number of benzene rings is 1. The molecule has 0 aliphatic carbocycles. The second-order valence-electron chi connectivity index (χ2n) is 3.92. The molecule has 0 bridgehead atoms. The Balaban J connectivity index is 2.25. The van der Waals surface area contributed by atoms with Crippen LogP contribution < -0.4 is 10.1 Å². The molecular formula is C14H14F2N2O. The molecule has 1 heterocycles. The summed E-state index contributed by atoms with van der Waals surface area (Å²) in [7, 11) is 0. The number of rotatable bonds is 5. The third-order valence-electron chi connectivity index (χ3n) is 2.56. The number of hydrogen-bond donors (Lipinski definition) is 1. The SMILES string of the molecule is CCNCc1cnccc1Oc1cccc(F)c1F. The molecule has 0 amide bonds. The summed E-state index contributed by atoms with van der Waals surface area (Å²) in [5.74, 6) is -1.60. The molecule has 0 aliphatic heterocycles. The molecule has 2 aromatic rings. The van der Waals surface area contributed by atoms with Gasteiger partial charge in [0.05, 0.1) is 0 Å². The first kappa shape index (κ1) is 13.4. The molecule has 2 rings (SSSR count). The number of nitrogens with one attached hydrogen (secondary N) is 1. The molecule has 5 heteroatoms. The fraction of sp³-hybridized carbons (Fsp3) is 0.214. The molecule has 1 N–H and O–H groups in total. The molecule has 1 aromatic carbocycles. The summed E-state index contributed by atoms with van der Waals surface area (Å²) in [6.07, 6.45) is 3.18. The highest BCUT2D eigenvalue weighted by Gasteiger charge is 2.11. The van der Waals surface area contributed by atoms with Crippen LogP contribution in [0.2, 0.25) is 0 Å². The van der Waals surface area contributed by atoms with Crippen molar-refractivity contribution in [1.82, 2.24) is 10.3 Å². The Morgan fingerprint density at radius 2 is 2.05 bits per heavy atom. The van der Waals surface area contributed by atoms with E-state index in [0.717, 1.165) is 18.2 Å². The quantitative estimate of drug-likeness (QED) is 0.900. The summed E-state index contributed by atoms with van der Waals surface area (Å²) in [6.45, 7) is 3.32. The highest BCUT2D eigenvalue weighted by atomic mass is 19.2. The smallest absolute Gasteiger partial charge is 0.201 e. The van der Waals surface area contributed by atoms with Crippen LogP contribution in [-0.4, -0.2) is 11.5 Å². The van der Waals surface area contributed by atoms with Crippen LogP contribution in [0.25, 0.3) is 0 Å². The van der Waals surface area contributed by atoms with E-state index in [2.05, 4.69) is 10.3 Å². The van der Waals surface area contributed by atoms with Gasteiger partial charge in [0.1, 0.15) is 5.75 Å². The van der Waals surface area contributed by atoms with E-state index in [1.54, 1.807) is 18.5 Å². The first-order valence-corrected chi connectivity index (χ1v) is 5.98. The lowest BCUT2D eigenvalue weighted by Crippen LogP contribution is -2.12. The van der Waals surface area contributed by atoms with Crippen molar-refractivity contribution in [3.63, 3.8) is 0 Å². The van der Waals surface area contributed by atoms with Crippen LogP contribution >= 0.6 is 0 Å². The number of nitrogens with zero attached hydrogens (tertiary/aromatic N) is 1. The van der Waals surface area contributed by atoms with E-state index in [-0.39, 0.29) is 5.75 Å². The average Bonchev–Trinajstić information content (AvgIpc) is 2.43. The lowest BCUT2D eigenvalue weighted by atomic mass is 10.2. The van der Waals surface area contributed by atoms with Crippen LogP contribution in [0.4, 0.5) is 8.78 Å². The van der Waals surface area contributed by atoms with E-state index in [4.69, 9.17) is 4.74 Å². The lowest BCUT2D eigenvalue weighted by Gasteiger charge is -2.11. The molecule has 0 atom stereocenters. The maximum Gasteiger partial charge on any atom is 0.201 e. The van der Waals surface area contributed by atoms with Crippen LogP contribution in [0.1, 0.15) is 12.5 Å².